The number of ketones is 2. The van der Waals surface area contributed by atoms with Gasteiger partial charge in [-0.2, -0.15) is 8.42 Å². The summed E-state index contributed by atoms with van der Waals surface area (Å²) in [4.78, 5) is 24.7. The van der Waals surface area contributed by atoms with E-state index in [0.29, 0.717) is 16.9 Å². The van der Waals surface area contributed by atoms with Gasteiger partial charge in [0.1, 0.15) is 11.4 Å². The molecule has 0 atom stereocenters. The molecule has 8 heteroatoms. The zero-order valence-electron chi connectivity index (χ0n) is 12.0. The third kappa shape index (κ3) is 2.04. The summed E-state index contributed by atoms with van der Waals surface area (Å²) in [5.41, 5.74) is 1.70. The Kier molecular flexibility index (Phi) is 2.90. The van der Waals surface area contributed by atoms with Crippen molar-refractivity contribution in [1.82, 2.24) is 0 Å². The Morgan fingerprint density at radius 1 is 0.792 bits per heavy atom. The standard InChI is InChI=1S/C16H10N2O5S/c19-15-9-3-1-2-4-11(9)17-13(15)14-16(20)10-7-8(24(21,22)23)5-6-12(10)18-14/h1-7,17-18H,(H,21,22,23)/b14-13+. The summed E-state index contributed by atoms with van der Waals surface area (Å²) >= 11 is 0. The quantitative estimate of drug-likeness (QED) is 0.537. The van der Waals surface area contributed by atoms with Crippen LogP contribution in [0, 0.1) is 0 Å². The van der Waals surface area contributed by atoms with Crippen LogP contribution in [0.2, 0.25) is 0 Å². The molecular formula is C16H10N2O5S. The van der Waals surface area contributed by atoms with Gasteiger partial charge in [-0.3, -0.25) is 14.1 Å². The van der Waals surface area contributed by atoms with Crippen molar-refractivity contribution in [3.63, 3.8) is 0 Å². The van der Waals surface area contributed by atoms with Gasteiger partial charge >= 0.3 is 0 Å². The number of hydrogen-bond donors (Lipinski definition) is 3. The van der Waals surface area contributed by atoms with Crippen molar-refractivity contribution >= 4 is 33.1 Å². The van der Waals surface area contributed by atoms with Crippen molar-refractivity contribution < 1.29 is 22.6 Å². The molecule has 0 aliphatic carbocycles. The van der Waals surface area contributed by atoms with Crippen LogP contribution in [0.1, 0.15) is 20.7 Å². The van der Waals surface area contributed by atoms with Crippen molar-refractivity contribution in [2.45, 2.75) is 4.90 Å². The number of nitrogens with one attached hydrogen (secondary N) is 2. The minimum absolute atomic E-state index is 0.0543. The second-order valence-electron chi connectivity index (χ2n) is 5.39. The number of carbonyl (C=O) groups is 2. The molecule has 2 aromatic rings. The summed E-state index contributed by atoms with van der Waals surface area (Å²) in [6.45, 7) is 0. The lowest BCUT2D eigenvalue weighted by Crippen LogP contribution is -2.13. The van der Waals surface area contributed by atoms with Crippen LogP contribution in [0.25, 0.3) is 0 Å². The minimum Gasteiger partial charge on any atom is -0.350 e. The predicted octanol–water partition coefficient (Wildman–Crippen LogP) is 2.06. The Hall–Kier alpha value is -2.97. The highest BCUT2D eigenvalue weighted by Crippen LogP contribution is 2.35. The minimum atomic E-state index is -4.42. The topological polar surface area (TPSA) is 113 Å². The number of allylic oxidation sites excluding steroid dienone is 2. The lowest BCUT2D eigenvalue weighted by Gasteiger charge is -2.03. The molecule has 2 aromatic carbocycles. The molecule has 0 bridgehead atoms. The molecule has 0 fully saturated rings. The predicted molar refractivity (Wildman–Crippen MR) is 85.6 cm³/mol. The van der Waals surface area contributed by atoms with Gasteiger partial charge < -0.3 is 10.6 Å². The summed E-state index contributed by atoms with van der Waals surface area (Å²) in [5, 5.41) is 5.76. The number of carbonyl (C=O) groups excluding carboxylic acids is 2. The molecule has 24 heavy (non-hydrogen) atoms. The van der Waals surface area contributed by atoms with Gasteiger partial charge in [0.15, 0.2) is 0 Å². The molecule has 2 aliphatic heterocycles. The monoisotopic (exact) mass is 342 g/mol. The highest BCUT2D eigenvalue weighted by molar-refractivity contribution is 7.85. The Morgan fingerprint density at radius 2 is 1.38 bits per heavy atom. The summed E-state index contributed by atoms with van der Waals surface area (Å²) in [6, 6.07) is 10.5. The van der Waals surface area contributed by atoms with E-state index in [2.05, 4.69) is 10.6 Å². The number of rotatable bonds is 1. The largest absolute Gasteiger partial charge is 0.350 e. The lowest BCUT2D eigenvalue weighted by atomic mass is 10.1. The first-order valence-electron chi connectivity index (χ1n) is 6.94. The maximum atomic E-state index is 12.6. The molecule has 0 aromatic heterocycles. The van der Waals surface area contributed by atoms with Crippen LogP contribution in [-0.4, -0.2) is 24.5 Å². The molecule has 120 valence electrons. The third-order valence-corrected chi connectivity index (χ3v) is 4.78. The average Bonchev–Trinajstić information content (AvgIpc) is 3.05. The first-order valence-corrected chi connectivity index (χ1v) is 8.38. The SMILES string of the molecule is O=C1/C(=C2\Nc3ccc(S(=O)(=O)O)cc3C2=O)Nc2ccccc21. The van der Waals surface area contributed by atoms with Crippen molar-refractivity contribution in [2.24, 2.45) is 0 Å². The average molecular weight is 342 g/mol. The Bertz CT molecular complexity index is 1070. The summed E-state index contributed by atoms with van der Waals surface area (Å²) < 4.78 is 31.6. The van der Waals surface area contributed by atoms with Gasteiger partial charge in [0.05, 0.1) is 10.6 Å². The number of benzene rings is 2. The van der Waals surface area contributed by atoms with Crippen LogP contribution in [0.4, 0.5) is 11.4 Å². The van der Waals surface area contributed by atoms with E-state index >= 15 is 0 Å². The van der Waals surface area contributed by atoms with Crippen molar-refractivity contribution in [2.75, 3.05) is 10.6 Å². The third-order valence-electron chi connectivity index (χ3n) is 3.93. The van der Waals surface area contributed by atoms with E-state index in [1.54, 1.807) is 24.3 Å². The van der Waals surface area contributed by atoms with E-state index in [-0.39, 0.29) is 27.6 Å². The van der Waals surface area contributed by atoms with E-state index in [1.165, 1.54) is 12.1 Å². The van der Waals surface area contributed by atoms with Crippen molar-refractivity contribution in [3.05, 3.63) is 65.0 Å². The summed E-state index contributed by atoms with van der Waals surface area (Å²) in [6.07, 6.45) is 0. The molecule has 0 spiro atoms. The zero-order chi connectivity index (χ0) is 17.1. The Balaban J connectivity index is 1.81. The molecule has 0 saturated heterocycles. The van der Waals surface area contributed by atoms with E-state index < -0.39 is 15.9 Å². The lowest BCUT2D eigenvalue weighted by molar-refractivity contribution is 0.101. The van der Waals surface area contributed by atoms with E-state index in [4.69, 9.17) is 4.55 Å². The van der Waals surface area contributed by atoms with Crippen LogP contribution in [0.3, 0.4) is 0 Å². The van der Waals surface area contributed by atoms with Gasteiger partial charge in [-0.25, -0.2) is 0 Å². The highest BCUT2D eigenvalue weighted by Gasteiger charge is 2.35. The van der Waals surface area contributed by atoms with Gasteiger partial charge in [-0.05, 0) is 30.3 Å². The van der Waals surface area contributed by atoms with Crippen molar-refractivity contribution in [1.29, 1.82) is 0 Å². The number of para-hydroxylation sites is 1. The van der Waals surface area contributed by atoms with Crippen molar-refractivity contribution in [3.8, 4) is 0 Å². The number of fused-ring (bicyclic) bond motifs is 2. The van der Waals surface area contributed by atoms with Crippen LogP contribution in [-0.2, 0) is 10.1 Å². The molecule has 7 nitrogen and oxygen atoms in total. The maximum absolute atomic E-state index is 12.6. The van der Waals surface area contributed by atoms with Gasteiger partial charge in [0, 0.05) is 16.8 Å². The summed E-state index contributed by atoms with van der Waals surface area (Å²) in [7, 11) is -4.42. The van der Waals surface area contributed by atoms with E-state index in [0.717, 1.165) is 6.07 Å². The van der Waals surface area contributed by atoms with Crippen LogP contribution < -0.4 is 10.6 Å². The van der Waals surface area contributed by atoms with Crippen LogP contribution >= 0.6 is 0 Å². The second kappa shape index (κ2) is 4.76. The maximum Gasteiger partial charge on any atom is 0.294 e. The Morgan fingerprint density at radius 3 is 2.00 bits per heavy atom. The molecule has 3 N–H and O–H groups in total. The Labute approximate surface area is 136 Å². The molecule has 0 amide bonds. The fraction of sp³-hybridized carbons (Fsp3) is 0. The summed E-state index contributed by atoms with van der Waals surface area (Å²) in [5.74, 6) is -0.830. The van der Waals surface area contributed by atoms with Gasteiger partial charge in [-0.15, -0.1) is 0 Å². The molecule has 0 unspecified atom stereocenters. The molecule has 2 heterocycles. The number of hydrogen-bond acceptors (Lipinski definition) is 6. The zero-order valence-corrected chi connectivity index (χ0v) is 12.8. The first-order chi connectivity index (χ1) is 11.4. The molecule has 0 radical (unpaired) electrons. The smallest absolute Gasteiger partial charge is 0.294 e. The second-order valence-corrected chi connectivity index (χ2v) is 6.81. The van der Waals surface area contributed by atoms with Crippen LogP contribution in [0.15, 0.2) is 58.8 Å². The number of Topliss-reactive ketones (excluding diaryl/α,β-unsaturated/α-hetero) is 2. The van der Waals surface area contributed by atoms with Crippen LogP contribution in [0.5, 0.6) is 0 Å². The van der Waals surface area contributed by atoms with E-state index in [1.807, 2.05) is 0 Å². The molecule has 0 saturated carbocycles. The van der Waals surface area contributed by atoms with Gasteiger partial charge in [0.2, 0.25) is 11.6 Å². The normalized spacial score (nSPS) is 18.9. The first kappa shape index (κ1) is 14.6. The molecular weight excluding hydrogens is 332 g/mol. The fourth-order valence-electron chi connectivity index (χ4n) is 2.78. The van der Waals surface area contributed by atoms with Gasteiger partial charge in [-0.1, -0.05) is 12.1 Å². The number of anilines is 2. The molecule has 2 aliphatic rings. The molecule has 4 rings (SSSR count). The highest BCUT2D eigenvalue weighted by atomic mass is 32.2. The fourth-order valence-corrected chi connectivity index (χ4v) is 3.28. The van der Waals surface area contributed by atoms with Gasteiger partial charge in [0.25, 0.3) is 10.1 Å². The van der Waals surface area contributed by atoms with E-state index in [9.17, 15) is 18.0 Å².